The van der Waals surface area contributed by atoms with Gasteiger partial charge < -0.3 is 0 Å². The molecule has 88 valence electrons. The van der Waals surface area contributed by atoms with E-state index in [2.05, 4.69) is 0 Å². The summed E-state index contributed by atoms with van der Waals surface area (Å²) in [7, 11) is -3.15. The minimum atomic E-state index is -3.15. The van der Waals surface area contributed by atoms with Crippen molar-refractivity contribution in [3.63, 3.8) is 0 Å². The standard InChI is InChI=1S/C12H22O2S/c1-5-7-11(3)9-15(13,14)10-12(4)8-6-2/h9-10H,5-8H2,1-4H3. The molecule has 0 saturated carbocycles. The van der Waals surface area contributed by atoms with Gasteiger partial charge in [-0.3, -0.25) is 0 Å². The first-order valence-corrected chi connectivity index (χ1v) is 7.11. The fourth-order valence-corrected chi connectivity index (χ4v) is 2.93. The minimum absolute atomic E-state index is 0.847. The molecule has 0 aliphatic heterocycles. The molecular weight excluding hydrogens is 208 g/mol. The Bertz CT molecular complexity index is 307. The van der Waals surface area contributed by atoms with E-state index in [1.165, 1.54) is 10.8 Å². The van der Waals surface area contributed by atoms with Gasteiger partial charge in [-0.05, 0) is 26.7 Å². The van der Waals surface area contributed by atoms with E-state index < -0.39 is 9.84 Å². The molecule has 0 N–H and O–H groups in total. The minimum Gasteiger partial charge on any atom is -0.220 e. The van der Waals surface area contributed by atoms with Crippen molar-refractivity contribution in [1.82, 2.24) is 0 Å². The fraction of sp³-hybridized carbons (Fsp3) is 0.667. The van der Waals surface area contributed by atoms with E-state index in [0.29, 0.717) is 0 Å². The van der Waals surface area contributed by atoms with E-state index in [1.54, 1.807) is 0 Å². The number of hydrogen-bond acceptors (Lipinski definition) is 2. The van der Waals surface area contributed by atoms with Crippen LogP contribution in [0.25, 0.3) is 0 Å². The first-order valence-electron chi connectivity index (χ1n) is 5.50. The Kier molecular flexibility index (Phi) is 6.57. The van der Waals surface area contributed by atoms with Gasteiger partial charge in [-0.15, -0.1) is 0 Å². The second-order valence-corrected chi connectivity index (χ2v) is 5.67. The second-order valence-electron chi connectivity index (χ2n) is 4.02. The van der Waals surface area contributed by atoms with Crippen LogP contribution in [0.4, 0.5) is 0 Å². The number of sulfone groups is 1. The normalized spacial score (nSPS) is 14.4. The van der Waals surface area contributed by atoms with Crippen LogP contribution in [-0.4, -0.2) is 8.42 Å². The summed E-state index contributed by atoms with van der Waals surface area (Å²) >= 11 is 0. The highest BCUT2D eigenvalue weighted by atomic mass is 32.2. The van der Waals surface area contributed by atoms with Gasteiger partial charge in [-0.2, -0.15) is 0 Å². The molecule has 0 unspecified atom stereocenters. The van der Waals surface area contributed by atoms with E-state index in [0.717, 1.165) is 36.8 Å². The Balaban J connectivity index is 4.70. The van der Waals surface area contributed by atoms with Crippen molar-refractivity contribution < 1.29 is 8.42 Å². The zero-order valence-corrected chi connectivity index (χ0v) is 11.0. The molecule has 2 nitrogen and oxygen atoms in total. The predicted octanol–water partition coefficient (Wildman–Crippen LogP) is 3.81. The summed E-state index contributed by atoms with van der Waals surface area (Å²) in [5, 5.41) is 2.77. The van der Waals surface area contributed by atoms with Crippen molar-refractivity contribution in [2.45, 2.75) is 53.4 Å². The van der Waals surface area contributed by atoms with Gasteiger partial charge in [-0.1, -0.05) is 37.8 Å². The third-order valence-electron chi connectivity index (χ3n) is 2.02. The van der Waals surface area contributed by atoms with Gasteiger partial charge in [0.2, 0.25) is 0 Å². The van der Waals surface area contributed by atoms with E-state index in [4.69, 9.17) is 0 Å². The molecule has 0 bridgehead atoms. The molecule has 0 aliphatic rings. The summed E-state index contributed by atoms with van der Waals surface area (Å²) in [6.45, 7) is 7.82. The molecule has 0 spiro atoms. The molecule has 0 atom stereocenters. The van der Waals surface area contributed by atoms with Gasteiger partial charge in [0.25, 0.3) is 0 Å². The lowest BCUT2D eigenvalue weighted by atomic mass is 10.2. The molecule has 0 saturated heterocycles. The average molecular weight is 230 g/mol. The molecule has 0 aromatic heterocycles. The first-order chi connectivity index (χ1) is 6.91. The molecule has 0 aromatic rings. The molecule has 3 heteroatoms. The van der Waals surface area contributed by atoms with Crippen LogP contribution in [0.5, 0.6) is 0 Å². The van der Waals surface area contributed by atoms with E-state index in [-0.39, 0.29) is 0 Å². The molecule has 0 aliphatic carbocycles. The summed E-state index contributed by atoms with van der Waals surface area (Å²) in [5.74, 6) is 0. The molecule has 0 rings (SSSR count). The maximum atomic E-state index is 11.6. The molecule has 0 fully saturated rings. The Morgan fingerprint density at radius 3 is 1.53 bits per heavy atom. The topological polar surface area (TPSA) is 34.1 Å². The van der Waals surface area contributed by atoms with Gasteiger partial charge in [0, 0.05) is 10.8 Å². The second kappa shape index (κ2) is 6.83. The molecular formula is C12H22O2S. The number of hydrogen-bond donors (Lipinski definition) is 0. The predicted molar refractivity (Wildman–Crippen MR) is 66.2 cm³/mol. The lowest BCUT2D eigenvalue weighted by Crippen LogP contribution is -1.93. The van der Waals surface area contributed by atoms with Gasteiger partial charge in [0.1, 0.15) is 0 Å². The van der Waals surface area contributed by atoms with Crippen LogP contribution in [0.2, 0.25) is 0 Å². The van der Waals surface area contributed by atoms with Crippen molar-refractivity contribution in [3.05, 3.63) is 22.0 Å². The van der Waals surface area contributed by atoms with Gasteiger partial charge >= 0.3 is 0 Å². The van der Waals surface area contributed by atoms with E-state index >= 15 is 0 Å². The highest BCUT2D eigenvalue weighted by molar-refractivity contribution is 7.97. The fourth-order valence-electron chi connectivity index (χ4n) is 1.50. The third kappa shape index (κ3) is 7.37. The maximum Gasteiger partial charge on any atom is 0.192 e. The maximum absolute atomic E-state index is 11.6. The monoisotopic (exact) mass is 230 g/mol. The summed E-state index contributed by atoms with van der Waals surface area (Å²) in [6.07, 6.45) is 3.66. The lowest BCUT2D eigenvalue weighted by Gasteiger charge is -1.99. The van der Waals surface area contributed by atoms with Crippen LogP contribution < -0.4 is 0 Å². The van der Waals surface area contributed by atoms with Crippen LogP contribution in [0.15, 0.2) is 22.0 Å². The molecule has 0 heterocycles. The van der Waals surface area contributed by atoms with Crippen molar-refractivity contribution >= 4 is 9.84 Å². The zero-order valence-electron chi connectivity index (χ0n) is 10.2. The molecule has 0 aromatic carbocycles. The first kappa shape index (κ1) is 14.4. The van der Waals surface area contributed by atoms with Crippen molar-refractivity contribution in [1.29, 1.82) is 0 Å². The number of allylic oxidation sites excluding steroid dienone is 2. The summed E-state index contributed by atoms with van der Waals surface area (Å²) in [4.78, 5) is 0. The Hall–Kier alpha value is -0.570. The van der Waals surface area contributed by atoms with Gasteiger partial charge in [0.05, 0.1) is 0 Å². The van der Waals surface area contributed by atoms with Gasteiger partial charge in [-0.25, -0.2) is 8.42 Å². The van der Waals surface area contributed by atoms with E-state index in [1.807, 2.05) is 27.7 Å². The quantitative estimate of drug-likeness (QED) is 0.695. The Morgan fingerprint density at radius 1 is 0.933 bits per heavy atom. The number of rotatable bonds is 6. The summed E-state index contributed by atoms with van der Waals surface area (Å²) < 4.78 is 23.3. The third-order valence-corrected chi connectivity index (χ3v) is 3.48. The highest BCUT2D eigenvalue weighted by Gasteiger charge is 2.03. The van der Waals surface area contributed by atoms with Crippen molar-refractivity contribution in [3.8, 4) is 0 Å². The van der Waals surface area contributed by atoms with Crippen LogP contribution in [0.3, 0.4) is 0 Å². The Morgan fingerprint density at radius 2 is 1.27 bits per heavy atom. The largest absolute Gasteiger partial charge is 0.220 e. The molecule has 0 amide bonds. The highest BCUT2D eigenvalue weighted by Crippen LogP contribution is 2.11. The lowest BCUT2D eigenvalue weighted by molar-refractivity contribution is 0.611. The van der Waals surface area contributed by atoms with Crippen molar-refractivity contribution in [2.75, 3.05) is 0 Å². The summed E-state index contributed by atoms with van der Waals surface area (Å²) in [6, 6.07) is 0. The van der Waals surface area contributed by atoms with Crippen LogP contribution >= 0.6 is 0 Å². The van der Waals surface area contributed by atoms with Gasteiger partial charge in [0.15, 0.2) is 9.84 Å². The Labute approximate surface area is 94.0 Å². The van der Waals surface area contributed by atoms with Crippen LogP contribution in [0, 0.1) is 0 Å². The molecule has 15 heavy (non-hydrogen) atoms. The zero-order chi connectivity index (χ0) is 11.9. The summed E-state index contributed by atoms with van der Waals surface area (Å²) in [5.41, 5.74) is 1.86. The smallest absolute Gasteiger partial charge is 0.192 e. The van der Waals surface area contributed by atoms with Crippen molar-refractivity contribution in [2.24, 2.45) is 0 Å². The van der Waals surface area contributed by atoms with E-state index in [9.17, 15) is 8.42 Å². The van der Waals surface area contributed by atoms with Crippen LogP contribution in [-0.2, 0) is 9.84 Å². The molecule has 0 radical (unpaired) electrons. The SMILES string of the molecule is CCCC(C)=CS(=O)(=O)C=C(C)CCC. The van der Waals surface area contributed by atoms with Crippen LogP contribution in [0.1, 0.15) is 53.4 Å². The average Bonchev–Trinajstić information content (AvgIpc) is 2.01.